The predicted molar refractivity (Wildman–Crippen MR) is 54.9 cm³/mol. The first kappa shape index (κ1) is 10.7. The fourth-order valence-corrected chi connectivity index (χ4v) is 1.45. The molecule has 1 saturated heterocycles. The van der Waals surface area contributed by atoms with Gasteiger partial charge in [0.15, 0.2) is 0 Å². The Morgan fingerprint density at radius 1 is 1.38 bits per heavy atom. The third-order valence-electron chi connectivity index (χ3n) is 2.16. The van der Waals surface area contributed by atoms with Crippen molar-refractivity contribution < 1.29 is 4.74 Å². The Labute approximate surface area is 80.5 Å². The SMILES string of the molecule is C=CCNCCNCC1CCCO1. The average Bonchev–Trinajstić information content (AvgIpc) is 2.63. The summed E-state index contributed by atoms with van der Waals surface area (Å²) in [5, 5.41) is 6.60. The topological polar surface area (TPSA) is 33.3 Å². The molecule has 0 aromatic heterocycles. The van der Waals surface area contributed by atoms with Crippen LogP contribution >= 0.6 is 0 Å². The lowest BCUT2D eigenvalue weighted by atomic mass is 10.2. The van der Waals surface area contributed by atoms with Gasteiger partial charge in [0, 0.05) is 32.8 Å². The first-order valence-corrected chi connectivity index (χ1v) is 5.07. The molecule has 13 heavy (non-hydrogen) atoms. The van der Waals surface area contributed by atoms with Crippen LogP contribution in [0.2, 0.25) is 0 Å². The zero-order valence-electron chi connectivity index (χ0n) is 8.22. The molecular weight excluding hydrogens is 164 g/mol. The maximum atomic E-state index is 5.48. The molecule has 0 aromatic carbocycles. The lowest BCUT2D eigenvalue weighted by molar-refractivity contribution is 0.110. The number of rotatable bonds is 7. The molecule has 1 aliphatic heterocycles. The highest BCUT2D eigenvalue weighted by molar-refractivity contribution is 4.71. The maximum absolute atomic E-state index is 5.48. The zero-order chi connectivity index (χ0) is 9.36. The molecule has 0 radical (unpaired) electrons. The monoisotopic (exact) mass is 184 g/mol. The maximum Gasteiger partial charge on any atom is 0.0700 e. The fourth-order valence-electron chi connectivity index (χ4n) is 1.45. The molecule has 0 spiro atoms. The van der Waals surface area contributed by atoms with E-state index in [0.29, 0.717) is 6.10 Å². The number of hydrogen-bond acceptors (Lipinski definition) is 3. The van der Waals surface area contributed by atoms with Crippen LogP contribution in [0.5, 0.6) is 0 Å². The van der Waals surface area contributed by atoms with Gasteiger partial charge in [-0.25, -0.2) is 0 Å². The lowest BCUT2D eigenvalue weighted by Crippen LogP contribution is -2.32. The fraction of sp³-hybridized carbons (Fsp3) is 0.800. The van der Waals surface area contributed by atoms with Crippen LogP contribution in [0.1, 0.15) is 12.8 Å². The molecule has 3 heteroatoms. The molecule has 1 atom stereocenters. The highest BCUT2D eigenvalue weighted by Gasteiger charge is 2.13. The zero-order valence-corrected chi connectivity index (χ0v) is 8.22. The van der Waals surface area contributed by atoms with Crippen LogP contribution in [0.25, 0.3) is 0 Å². The van der Waals surface area contributed by atoms with Crippen molar-refractivity contribution in [3.05, 3.63) is 12.7 Å². The second-order valence-electron chi connectivity index (χ2n) is 3.33. The van der Waals surface area contributed by atoms with Crippen molar-refractivity contribution in [2.45, 2.75) is 18.9 Å². The molecule has 76 valence electrons. The Kier molecular flexibility index (Phi) is 5.81. The molecule has 1 aliphatic rings. The summed E-state index contributed by atoms with van der Waals surface area (Å²) in [7, 11) is 0. The van der Waals surface area contributed by atoms with Gasteiger partial charge in [-0.15, -0.1) is 6.58 Å². The molecule has 3 nitrogen and oxygen atoms in total. The molecule has 1 heterocycles. The number of ether oxygens (including phenoxy) is 1. The standard InChI is InChI=1S/C10H20N2O/c1-2-5-11-6-7-12-9-10-4-3-8-13-10/h2,10-12H,1,3-9H2. The number of hydrogen-bond donors (Lipinski definition) is 2. The Bertz CT molecular complexity index is 133. The normalized spacial score (nSPS) is 22.0. The molecule has 1 unspecified atom stereocenters. The van der Waals surface area contributed by atoms with E-state index in [0.717, 1.165) is 32.8 Å². The van der Waals surface area contributed by atoms with Crippen molar-refractivity contribution >= 4 is 0 Å². The van der Waals surface area contributed by atoms with Crippen molar-refractivity contribution in [1.82, 2.24) is 10.6 Å². The summed E-state index contributed by atoms with van der Waals surface area (Å²) < 4.78 is 5.48. The van der Waals surface area contributed by atoms with E-state index in [2.05, 4.69) is 17.2 Å². The molecule has 0 saturated carbocycles. The van der Waals surface area contributed by atoms with Crippen LogP contribution < -0.4 is 10.6 Å². The van der Waals surface area contributed by atoms with Crippen LogP contribution in [-0.4, -0.2) is 38.9 Å². The Balaban J connectivity index is 1.80. The van der Waals surface area contributed by atoms with E-state index in [1.807, 2.05) is 6.08 Å². The molecule has 0 bridgehead atoms. The minimum atomic E-state index is 0.458. The summed E-state index contributed by atoms with van der Waals surface area (Å²) in [5.74, 6) is 0. The average molecular weight is 184 g/mol. The molecular formula is C10H20N2O. The van der Waals surface area contributed by atoms with Crippen molar-refractivity contribution in [1.29, 1.82) is 0 Å². The van der Waals surface area contributed by atoms with E-state index in [1.165, 1.54) is 12.8 Å². The largest absolute Gasteiger partial charge is 0.377 e. The minimum absolute atomic E-state index is 0.458. The molecule has 0 amide bonds. The number of nitrogens with one attached hydrogen (secondary N) is 2. The summed E-state index contributed by atoms with van der Waals surface area (Å²) in [4.78, 5) is 0. The van der Waals surface area contributed by atoms with E-state index in [1.54, 1.807) is 0 Å². The quantitative estimate of drug-likeness (QED) is 0.447. The van der Waals surface area contributed by atoms with Crippen LogP contribution in [0.4, 0.5) is 0 Å². The third kappa shape index (κ3) is 5.03. The van der Waals surface area contributed by atoms with Gasteiger partial charge < -0.3 is 15.4 Å². The lowest BCUT2D eigenvalue weighted by Gasteiger charge is -2.10. The van der Waals surface area contributed by atoms with E-state index in [9.17, 15) is 0 Å². The smallest absolute Gasteiger partial charge is 0.0700 e. The summed E-state index contributed by atoms with van der Waals surface area (Å²) in [6.07, 6.45) is 4.77. The summed E-state index contributed by atoms with van der Waals surface area (Å²) in [6, 6.07) is 0. The van der Waals surface area contributed by atoms with Crippen LogP contribution in [0.3, 0.4) is 0 Å². The van der Waals surface area contributed by atoms with E-state index >= 15 is 0 Å². The Morgan fingerprint density at radius 3 is 2.92 bits per heavy atom. The predicted octanol–water partition coefficient (Wildman–Crippen LogP) is 0.531. The van der Waals surface area contributed by atoms with Gasteiger partial charge in [-0.3, -0.25) is 0 Å². The van der Waals surface area contributed by atoms with Gasteiger partial charge in [-0.05, 0) is 12.8 Å². The van der Waals surface area contributed by atoms with E-state index < -0.39 is 0 Å². The summed E-state index contributed by atoms with van der Waals surface area (Å²) in [5.41, 5.74) is 0. The van der Waals surface area contributed by atoms with Gasteiger partial charge in [-0.2, -0.15) is 0 Å². The van der Waals surface area contributed by atoms with Crippen molar-refractivity contribution in [3.63, 3.8) is 0 Å². The molecule has 0 aliphatic carbocycles. The molecule has 1 rings (SSSR count). The third-order valence-corrected chi connectivity index (χ3v) is 2.16. The summed E-state index contributed by atoms with van der Waals surface area (Å²) >= 11 is 0. The van der Waals surface area contributed by atoms with Crippen LogP contribution in [-0.2, 0) is 4.74 Å². The first-order valence-electron chi connectivity index (χ1n) is 5.07. The Morgan fingerprint density at radius 2 is 2.23 bits per heavy atom. The van der Waals surface area contributed by atoms with Crippen molar-refractivity contribution in [2.24, 2.45) is 0 Å². The Hall–Kier alpha value is -0.380. The molecule has 2 N–H and O–H groups in total. The van der Waals surface area contributed by atoms with Gasteiger partial charge in [0.25, 0.3) is 0 Å². The van der Waals surface area contributed by atoms with Crippen molar-refractivity contribution in [3.8, 4) is 0 Å². The second kappa shape index (κ2) is 7.06. The van der Waals surface area contributed by atoms with Crippen LogP contribution in [0.15, 0.2) is 12.7 Å². The van der Waals surface area contributed by atoms with Crippen molar-refractivity contribution in [2.75, 3.05) is 32.8 Å². The highest BCUT2D eigenvalue weighted by Crippen LogP contribution is 2.10. The molecule has 1 fully saturated rings. The minimum Gasteiger partial charge on any atom is -0.377 e. The summed E-state index contributed by atoms with van der Waals surface area (Å²) in [6.45, 7) is 8.48. The van der Waals surface area contributed by atoms with Gasteiger partial charge in [-0.1, -0.05) is 6.08 Å². The van der Waals surface area contributed by atoms with Gasteiger partial charge in [0.2, 0.25) is 0 Å². The highest BCUT2D eigenvalue weighted by atomic mass is 16.5. The van der Waals surface area contributed by atoms with E-state index in [4.69, 9.17) is 4.74 Å². The van der Waals surface area contributed by atoms with E-state index in [-0.39, 0.29) is 0 Å². The van der Waals surface area contributed by atoms with Gasteiger partial charge in [0.1, 0.15) is 0 Å². The molecule has 0 aromatic rings. The first-order chi connectivity index (χ1) is 6.43. The second-order valence-corrected chi connectivity index (χ2v) is 3.33. The van der Waals surface area contributed by atoms with Gasteiger partial charge in [0.05, 0.1) is 6.10 Å². The van der Waals surface area contributed by atoms with Crippen LogP contribution in [0, 0.1) is 0 Å². The van der Waals surface area contributed by atoms with Gasteiger partial charge >= 0.3 is 0 Å².